The molecule has 0 aliphatic carbocycles. The number of rotatable bonds is 12. The van der Waals surface area contributed by atoms with Crippen molar-refractivity contribution in [2.24, 2.45) is 0 Å². The first-order valence-corrected chi connectivity index (χ1v) is 13.6. The number of piperidine rings is 1. The second kappa shape index (κ2) is 14.1. The van der Waals surface area contributed by atoms with Crippen LogP contribution >= 0.6 is 0 Å². The van der Waals surface area contributed by atoms with Crippen LogP contribution in [0, 0.1) is 0 Å². The molecule has 7 nitrogen and oxygen atoms in total. The molecule has 0 bridgehead atoms. The highest BCUT2D eigenvalue weighted by Crippen LogP contribution is 2.35. The zero-order chi connectivity index (χ0) is 29.2. The van der Waals surface area contributed by atoms with Gasteiger partial charge in [-0.05, 0) is 64.3 Å². The first kappa shape index (κ1) is 30.9. The van der Waals surface area contributed by atoms with Crippen LogP contribution in [-0.4, -0.2) is 58.8 Å². The van der Waals surface area contributed by atoms with E-state index in [9.17, 15) is 18.0 Å². The monoisotopic (exact) mass is 556 g/mol. The van der Waals surface area contributed by atoms with Gasteiger partial charge in [-0.3, -0.25) is 9.89 Å². The average Bonchev–Trinajstić information content (AvgIpc) is 3.42. The molecule has 2 heterocycles. The van der Waals surface area contributed by atoms with E-state index in [1.807, 2.05) is 37.3 Å². The SMILES string of the molecule is C=C(CCCNC(=O)c1cccc(NC2(c3nc(C(/C=C\C)=C/C=CCC)n[nH]3)CCN(C)CC2)c1)C(F)(F)F. The summed E-state index contributed by atoms with van der Waals surface area (Å²) in [5, 5.41) is 14.0. The number of aromatic amines is 1. The Balaban J connectivity index is 1.77. The van der Waals surface area contributed by atoms with Gasteiger partial charge in [-0.1, -0.05) is 49.9 Å². The Hall–Kier alpha value is -3.66. The Labute approximate surface area is 234 Å². The Morgan fingerprint density at radius 2 is 2.02 bits per heavy atom. The third kappa shape index (κ3) is 8.42. The third-order valence-corrected chi connectivity index (χ3v) is 6.88. The minimum Gasteiger partial charge on any atom is -0.373 e. The zero-order valence-electron chi connectivity index (χ0n) is 23.4. The first-order valence-electron chi connectivity index (χ1n) is 13.6. The summed E-state index contributed by atoms with van der Waals surface area (Å²) in [6, 6.07) is 7.11. The van der Waals surface area contributed by atoms with Gasteiger partial charge in [0.25, 0.3) is 5.91 Å². The molecule has 0 atom stereocenters. The van der Waals surface area contributed by atoms with Crippen LogP contribution in [0.15, 0.2) is 66.8 Å². The van der Waals surface area contributed by atoms with Crippen molar-refractivity contribution in [2.75, 3.05) is 32.0 Å². The van der Waals surface area contributed by atoms with Crippen LogP contribution in [0.5, 0.6) is 0 Å². The van der Waals surface area contributed by atoms with Gasteiger partial charge in [-0.15, -0.1) is 0 Å². The molecule has 2 aromatic rings. The van der Waals surface area contributed by atoms with E-state index in [-0.39, 0.29) is 25.3 Å². The normalized spacial score (nSPS) is 16.5. The predicted octanol–water partition coefficient (Wildman–Crippen LogP) is 6.39. The molecular formula is C30H39F3N6O. The summed E-state index contributed by atoms with van der Waals surface area (Å²) < 4.78 is 37.9. The van der Waals surface area contributed by atoms with Gasteiger partial charge in [-0.25, -0.2) is 4.98 Å². The Morgan fingerprint density at radius 1 is 1.27 bits per heavy atom. The maximum Gasteiger partial charge on any atom is 0.412 e. The Kier molecular flexibility index (Phi) is 10.9. The molecule has 1 saturated heterocycles. The molecule has 0 spiro atoms. The quantitative estimate of drug-likeness (QED) is 0.160. The van der Waals surface area contributed by atoms with Crippen LogP contribution in [0.4, 0.5) is 18.9 Å². The Morgan fingerprint density at radius 3 is 2.70 bits per heavy atom. The lowest BCUT2D eigenvalue weighted by molar-refractivity contribution is -0.0936. The fraction of sp³-hybridized carbons (Fsp3) is 0.433. The number of anilines is 1. The summed E-state index contributed by atoms with van der Waals surface area (Å²) in [4.78, 5) is 19.9. The number of aromatic nitrogens is 3. The number of amides is 1. The number of halogens is 3. The maximum atomic E-state index is 12.7. The van der Waals surface area contributed by atoms with Gasteiger partial charge in [0.2, 0.25) is 0 Å². The summed E-state index contributed by atoms with van der Waals surface area (Å²) in [5.41, 5.74) is 0.746. The maximum absolute atomic E-state index is 12.7. The molecule has 216 valence electrons. The summed E-state index contributed by atoms with van der Waals surface area (Å²) >= 11 is 0. The second-order valence-corrected chi connectivity index (χ2v) is 10.0. The predicted molar refractivity (Wildman–Crippen MR) is 154 cm³/mol. The van der Waals surface area contributed by atoms with E-state index in [1.54, 1.807) is 18.2 Å². The molecule has 1 amide bonds. The topological polar surface area (TPSA) is 85.9 Å². The van der Waals surface area contributed by atoms with Crippen LogP contribution in [0.25, 0.3) is 5.57 Å². The molecule has 1 aliphatic heterocycles. The lowest BCUT2D eigenvalue weighted by Crippen LogP contribution is -2.46. The third-order valence-electron chi connectivity index (χ3n) is 6.88. The standard InChI is InChI=1S/C30H39F3N6O/c1-5-7-8-13-23(11-6-2)26-35-28(38-37-26)29(16-19-39(4)20-17-29)36-25-15-9-14-24(21-25)27(40)34-18-10-12-22(3)30(31,32)33/h6-9,11,13-15,21,36H,3,5,10,12,16-20H2,1-2,4H3,(H,34,40)(H,35,37,38)/b8-7?,11-6-,23-13+. The largest absolute Gasteiger partial charge is 0.412 e. The van der Waals surface area contributed by atoms with E-state index in [2.05, 4.69) is 52.4 Å². The second-order valence-electron chi connectivity index (χ2n) is 10.0. The van der Waals surface area contributed by atoms with Crippen LogP contribution in [0.1, 0.15) is 68.0 Å². The van der Waals surface area contributed by atoms with Crippen molar-refractivity contribution in [3.63, 3.8) is 0 Å². The fourth-order valence-corrected chi connectivity index (χ4v) is 4.48. The van der Waals surface area contributed by atoms with Gasteiger partial charge in [-0.2, -0.15) is 18.3 Å². The van der Waals surface area contributed by atoms with Crippen molar-refractivity contribution >= 4 is 17.2 Å². The van der Waals surface area contributed by atoms with E-state index in [4.69, 9.17) is 4.98 Å². The van der Waals surface area contributed by atoms with Crippen molar-refractivity contribution in [1.29, 1.82) is 0 Å². The number of allylic oxidation sites excluding steroid dienone is 7. The Bertz CT molecular complexity index is 1240. The van der Waals surface area contributed by atoms with E-state index in [0.29, 0.717) is 11.4 Å². The molecule has 10 heteroatoms. The minimum absolute atomic E-state index is 0.123. The minimum atomic E-state index is -4.41. The smallest absolute Gasteiger partial charge is 0.373 e. The molecule has 0 saturated carbocycles. The van der Waals surface area contributed by atoms with Gasteiger partial charge < -0.3 is 15.5 Å². The van der Waals surface area contributed by atoms with Crippen LogP contribution in [0.3, 0.4) is 0 Å². The molecule has 0 unspecified atom stereocenters. The van der Waals surface area contributed by atoms with Gasteiger partial charge >= 0.3 is 6.18 Å². The summed E-state index contributed by atoms with van der Waals surface area (Å²) in [6.07, 6.45) is 8.00. The number of nitrogens with one attached hydrogen (secondary N) is 3. The number of carbonyl (C=O) groups is 1. The molecule has 40 heavy (non-hydrogen) atoms. The highest BCUT2D eigenvalue weighted by molar-refractivity contribution is 5.95. The molecule has 3 rings (SSSR count). The van der Waals surface area contributed by atoms with Crippen LogP contribution < -0.4 is 10.6 Å². The van der Waals surface area contributed by atoms with Gasteiger partial charge in [0.05, 0.1) is 5.54 Å². The number of benzene rings is 1. The molecule has 1 aliphatic rings. The van der Waals surface area contributed by atoms with Crippen molar-refractivity contribution in [3.8, 4) is 0 Å². The number of H-pyrrole nitrogens is 1. The fourth-order valence-electron chi connectivity index (χ4n) is 4.48. The number of carbonyl (C=O) groups excluding carboxylic acids is 1. The van der Waals surface area contributed by atoms with Crippen LogP contribution in [0.2, 0.25) is 0 Å². The van der Waals surface area contributed by atoms with E-state index in [1.165, 1.54) is 0 Å². The lowest BCUT2D eigenvalue weighted by Gasteiger charge is -2.40. The summed E-state index contributed by atoms with van der Waals surface area (Å²) in [7, 11) is 2.08. The number of likely N-dealkylation sites (tertiary alicyclic amines) is 1. The van der Waals surface area contributed by atoms with Crippen molar-refractivity contribution in [1.82, 2.24) is 25.4 Å². The highest BCUT2D eigenvalue weighted by atomic mass is 19.4. The molecule has 0 radical (unpaired) electrons. The number of alkyl halides is 3. The van der Waals surface area contributed by atoms with Crippen molar-refractivity contribution in [2.45, 2.75) is 57.7 Å². The van der Waals surface area contributed by atoms with Crippen molar-refractivity contribution < 1.29 is 18.0 Å². The summed E-state index contributed by atoms with van der Waals surface area (Å²) in [5.74, 6) is 0.988. The highest BCUT2D eigenvalue weighted by Gasteiger charge is 2.39. The molecule has 1 aromatic heterocycles. The lowest BCUT2D eigenvalue weighted by atomic mass is 9.86. The molecule has 1 aromatic carbocycles. The van der Waals surface area contributed by atoms with E-state index < -0.39 is 17.3 Å². The number of nitrogens with zero attached hydrogens (tertiary/aromatic N) is 3. The first-order chi connectivity index (χ1) is 19.1. The molecular weight excluding hydrogens is 517 g/mol. The van der Waals surface area contributed by atoms with Gasteiger partial charge in [0.1, 0.15) is 0 Å². The van der Waals surface area contributed by atoms with Crippen molar-refractivity contribution in [3.05, 3.63) is 84.0 Å². The van der Waals surface area contributed by atoms with E-state index in [0.717, 1.165) is 49.4 Å². The summed E-state index contributed by atoms with van der Waals surface area (Å²) in [6.45, 7) is 8.92. The molecule has 3 N–H and O–H groups in total. The van der Waals surface area contributed by atoms with Gasteiger partial charge in [0.15, 0.2) is 11.6 Å². The number of hydrogen-bond acceptors (Lipinski definition) is 5. The van der Waals surface area contributed by atoms with E-state index >= 15 is 0 Å². The molecule has 1 fully saturated rings. The average molecular weight is 557 g/mol. The van der Waals surface area contributed by atoms with Gasteiger partial charge in [0, 0.05) is 42.0 Å². The zero-order valence-corrected chi connectivity index (χ0v) is 23.4. The number of hydrogen-bond donors (Lipinski definition) is 3. The van der Waals surface area contributed by atoms with Crippen LogP contribution in [-0.2, 0) is 5.54 Å².